The molecule has 5 rings (SSSR count). The van der Waals surface area contributed by atoms with E-state index >= 15 is 0 Å². The fourth-order valence-electron chi connectivity index (χ4n) is 4.90. The molecule has 1 N–H and O–H groups in total. The fraction of sp³-hybridized carbons (Fsp3) is 0.393. The second-order valence-electron chi connectivity index (χ2n) is 9.34. The van der Waals surface area contributed by atoms with Gasteiger partial charge in [0.25, 0.3) is 5.91 Å². The number of nitrogens with zero attached hydrogens (tertiary/aromatic N) is 3. The lowest BCUT2D eigenvalue weighted by Gasteiger charge is -2.21. The molecule has 4 aromatic rings. The maximum Gasteiger partial charge on any atom is 0.253 e. The van der Waals surface area contributed by atoms with E-state index in [9.17, 15) is 4.79 Å². The molecule has 1 saturated carbocycles. The molecule has 0 aromatic carbocycles. The molecular formula is C28H32N4O2S. The van der Waals surface area contributed by atoms with Gasteiger partial charge in [-0.05, 0) is 62.4 Å². The number of carbonyl (C=O) groups is 1. The highest BCUT2D eigenvalue weighted by Crippen LogP contribution is 2.32. The second kappa shape index (κ2) is 10.6. The summed E-state index contributed by atoms with van der Waals surface area (Å²) in [4.78, 5) is 22.6. The smallest absolute Gasteiger partial charge is 0.253 e. The van der Waals surface area contributed by atoms with E-state index in [0.29, 0.717) is 18.0 Å². The van der Waals surface area contributed by atoms with Gasteiger partial charge in [0.2, 0.25) is 0 Å². The highest BCUT2D eigenvalue weighted by Gasteiger charge is 2.22. The molecule has 0 unspecified atom stereocenters. The zero-order valence-electron chi connectivity index (χ0n) is 20.4. The Morgan fingerprint density at radius 1 is 1.23 bits per heavy atom. The average molecular weight is 489 g/mol. The molecule has 4 heterocycles. The summed E-state index contributed by atoms with van der Waals surface area (Å²) in [6.45, 7) is 5.40. The number of aromatic nitrogens is 3. The second-order valence-corrected chi connectivity index (χ2v) is 10.2. The Kier molecular flexibility index (Phi) is 7.13. The predicted octanol–water partition coefficient (Wildman–Crippen LogP) is 6.50. The molecule has 7 heteroatoms. The van der Waals surface area contributed by atoms with Crippen molar-refractivity contribution in [3.05, 3.63) is 70.9 Å². The summed E-state index contributed by atoms with van der Waals surface area (Å²) in [6.07, 6.45) is 10.7. The van der Waals surface area contributed by atoms with Crippen LogP contribution in [-0.2, 0) is 13.0 Å². The van der Waals surface area contributed by atoms with Crippen molar-refractivity contribution in [3.8, 4) is 22.0 Å². The molecular weight excluding hydrogens is 456 g/mol. The summed E-state index contributed by atoms with van der Waals surface area (Å²) in [7, 11) is 0. The molecule has 0 saturated heterocycles. The number of rotatable bonds is 8. The third kappa shape index (κ3) is 5.25. The Hall–Kier alpha value is -3.19. The minimum absolute atomic E-state index is 0.00954. The first-order valence-corrected chi connectivity index (χ1v) is 13.4. The molecule has 0 spiro atoms. The molecule has 35 heavy (non-hydrogen) atoms. The van der Waals surface area contributed by atoms with E-state index in [4.69, 9.17) is 9.40 Å². The Morgan fingerprint density at radius 3 is 2.86 bits per heavy atom. The molecule has 1 fully saturated rings. The van der Waals surface area contributed by atoms with Crippen LogP contribution >= 0.6 is 11.3 Å². The van der Waals surface area contributed by atoms with Crippen molar-refractivity contribution in [2.45, 2.75) is 58.9 Å². The lowest BCUT2D eigenvalue weighted by molar-refractivity contribution is 0.0943. The van der Waals surface area contributed by atoms with E-state index in [1.54, 1.807) is 17.6 Å². The summed E-state index contributed by atoms with van der Waals surface area (Å²) >= 11 is 1.61. The van der Waals surface area contributed by atoms with E-state index in [2.05, 4.69) is 33.2 Å². The molecule has 0 aliphatic heterocycles. The maximum absolute atomic E-state index is 13.2. The Bertz CT molecular complexity index is 1280. The van der Waals surface area contributed by atoms with Crippen molar-refractivity contribution < 1.29 is 9.21 Å². The van der Waals surface area contributed by atoms with Gasteiger partial charge in [-0.2, -0.15) is 0 Å². The summed E-state index contributed by atoms with van der Waals surface area (Å²) in [5.74, 6) is 1.42. The quantitative estimate of drug-likeness (QED) is 0.307. The van der Waals surface area contributed by atoms with Gasteiger partial charge < -0.3 is 14.3 Å². The van der Waals surface area contributed by atoms with E-state index < -0.39 is 0 Å². The molecule has 0 bridgehead atoms. The highest BCUT2D eigenvalue weighted by atomic mass is 32.1. The standard InChI is InChI=1S/C28H32N4O2S/c1-3-22-14-21(11-12-29-22)28-31-25(18-35-28)26-15-24(19(2)32(26)17-23-10-7-13-34-23)27(33)30-16-20-8-5-4-6-9-20/h7,10-15,18,20H,3-6,8-9,16-17H2,1-2H3,(H,30,33). The molecule has 4 aromatic heterocycles. The zero-order valence-corrected chi connectivity index (χ0v) is 21.2. The van der Waals surface area contributed by atoms with Gasteiger partial charge in [-0.15, -0.1) is 11.3 Å². The summed E-state index contributed by atoms with van der Waals surface area (Å²) in [5, 5.41) is 6.22. The first-order valence-electron chi connectivity index (χ1n) is 12.5. The summed E-state index contributed by atoms with van der Waals surface area (Å²) < 4.78 is 7.77. The lowest BCUT2D eigenvalue weighted by atomic mass is 9.89. The van der Waals surface area contributed by atoms with Crippen LogP contribution in [0.2, 0.25) is 0 Å². The van der Waals surface area contributed by atoms with Crippen LogP contribution in [0.1, 0.15) is 66.5 Å². The average Bonchev–Trinajstić information content (AvgIpc) is 3.65. The number of hydrogen-bond acceptors (Lipinski definition) is 5. The molecule has 0 atom stereocenters. The number of aryl methyl sites for hydroxylation is 1. The van der Waals surface area contributed by atoms with Crippen LogP contribution in [0.15, 0.2) is 52.6 Å². The first-order chi connectivity index (χ1) is 17.1. The van der Waals surface area contributed by atoms with Crippen molar-refractivity contribution in [1.82, 2.24) is 19.9 Å². The number of carbonyl (C=O) groups excluding carboxylic acids is 1. The van der Waals surface area contributed by atoms with E-state index in [1.165, 1.54) is 32.1 Å². The topological polar surface area (TPSA) is 73.0 Å². The van der Waals surface area contributed by atoms with Gasteiger partial charge in [0.15, 0.2) is 0 Å². The molecule has 0 radical (unpaired) electrons. The van der Waals surface area contributed by atoms with E-state index in [-0.39, 0.29) is 5.91 Å². The van der Waals surface area contributed by atoms with E-state index in [0.717, 1.165) is 52.1 Å². The number of nitrogens with one attached hydrogen (secondary N) is 1. The third-order valence-corrected chi connectivity index (χ3v) is 7.86. The van der Waals surface area contributed by atoms with Crippen molar-refractivity contribution in [1.29, 1.82) is 0 Å². The molecule has 1 aliphatic carbocycles. The Balaban J connectivity index is 1.45. The monoisotopic (exact) mass is 488 g/mol. The first kappa shape index (κ1) is 23.5. The molecule has 1 amide bonds. The van der Waals surface area contributed by atoms with Crippen LogP contribution in [0, 0.1) is 12.8 Å². The Labute approximate surface area is 210 Å². The number of amides is 1. The zero-order chi connectivity index (χ0) is 24.2. The normalized spacial score (nSPS) is 14.3. The summed E-state index contributed by atoms with van der Waals surface area (Å²) in [6, 6.07) is 9.93. The minimum Gasteiger partial charge on any atom is -0.467 e. The SMILES string of the molecule is CCc1cc(-c2nc(-c3cc(C(=O)NCC4CCCCC4)c(C)n3Cc3ccco3)cs2)ccn1. The number of thiazole rings is 1. The van der Waals surface area contributed by atoms with Gasteiger partial charge in [-0.1, -0.05) is 26.2 Å². The van der Waals surface area contributed by atoms with Crippen LogP contribution in [-0.4, -0.2) is 27.0 Å². The minimum atomic E-state index is -0.00954. The third-order valence-electron chi connectivity index (χ3n) is 6.97. The molecule has 182 valence electrons. The van der Waals surface area contributed by atoms with Gasteiger partial charge in [-0.3, -0.25) is 9.78 Å². The van der Waals surface area contributed by atoms with Crippen LogP contribution in [0.25, 0.3) is 22.0 Å². The van der Waals surface area contributed by atoms with Crippen LogP contribution < -0.4 is 5.32 Å². The van der Waals surface area contributed by atoms with Crippen molar-refractivity contribution in [2.24, 2.45) is 5.92 Å². The van der Waals surface area contributed by atoms with Gasteiger partial charge in [-0.25, -0.2) is 4.98 Å². The highest BCUT2D eigenvalue weighted by molar-refractivity contribution is 7.13. The maximum atomic E-state index is 13.2. The van der Waals surface area contributed by atoms with Gasteiger partial charge >= 0.3 is 0 Å². The van der Waals surface area contributed by atoms with Crippen molar-refractivity contribution in [2.75, 3.05) is 6.54 Å². The van der Waals surface area contributed by atoms with Crippen LogP contribution in [0.4, 0.5) is 0 Å². The number of furan rings is 1. The van der Waals surface area contributed by atoms with E-state index in [1.807, 2.05) is 37.4 Å². The number of hydrogen-bond donors (Lipinski definition) is 1. The lowest BCUT2D eigenvalue weighted by Crippen LogP contribution is -2.30. The van der Waals surface area contributed by atoms with Crippen LogP contribution in [0.5, 0.6) is 0 Å². The Morgan fingerprint density at radius 2 is 2.09 bits per heavy atom. The van der Waals surface area contributed by atoms with Crippen LogP contribution in [0.3, 0.4) is 0 Å². The predicted molar refractivity (Wildman–Crippen MR) is 140 cm³/mol. The fourth-order valence-corrected chi connectivity index (χ4v) is 5.71. The molecule has 6 nitrogen and oxygen atoms in total. The van der Waals surface area contributed by atoms with Crippen molar-refractivity contribution in [3.63, 3.8) is 0 Å². The van der Waals surface area contributed by atoms with Gasteiger partial charge in [0, 0.05) is 35.1 Å². The van der Waals surface area contributed by atoms with Crippen molar-refractivity contribution >= 4 is 17.2 Å². The van der Waals surface area contributed by atoms with Gasteiger partial charge in [0.1, 0.15) is 10.8 Å². The number of pyridine rings is 1. The van der Waals surface area contributed by atoms with Gasteiger partial charge in [0.05, 0.1) is 29.8 Å². The molecule has 1 aliphatic rings. The summed E-state index contributed by atoms with van der Waals surface area (Å²) in [5.41, 5.74) is 5.53. The largest absolute Gasteiger partial charge is 0.467 e.